The van der Waals surface area contributed by atoms with Gasteiger partial charge in [0, 0.05) is 17.7 Å². The Morgan fingerprint density at radius 1 is 1.40 bits per heavy atom. The lowest BCUT2D eigenvalue weighted by molar-refractivity contribution is 0.305. The average Bonchev–Trinajstić information content (AvgIpc) is 2.20. The van der Waals surface area contributed by atoms with Crippen molar-refractivity contribution in [1.29, 1.82) is 0 Å². The van der Waals surface area contributed by atoms with E-state index in [4.69, 9.17) is 23.1 Å². The van der Waals surface area contributed by atoms with Crippen LogP contribution in [0.2, 0.25) is 0 Å². The molecule has 15 heavy (non-hydrogen) atoms. The Hall–Kier alpha value is -1.57. The second-order valence-electron chi connectivity index (χ2n) is 2.84. The van der Waals surface area contributed by atoms with Crippen molar-refractivity contribution in [2.45, 2.75) is 6.42 Å². The van der Waals surface area contributed by atoms with Gasteiger partial charge in [0.2, 0.25) is 0 Å². The molecule has 1 rings (SSSR count). The molecule has 4 N–H and O–H groups in total. The van der Waals surface area contributed by atoms with Crippen molar-refractivity contribution in [3.63, 3.8) is 0 Å². The van der Waals surface area contributed by atoms with Gasteiger partial charge in [-0.1, -0.05) is 11.8 Å². The number of nitrogens with one attached hydrogen (secondary N) is 1. The summed E-state index contributed by atoms with van der Waals surface area (Å²) in [5.41, 5.74) is 7.07. The summed E-state index contributed by atoms with van der Waals surface area (Å²) >= 11 is 4.71. The molecule has 0 unspecified atom stereocenters. The Kier molecular flexibility index (Phi) is 4.61. The summed E-state index contributed by atoms with van der Waals surface area (Å²) in [6.07, 6.45) is 0.493. The molecule has 0 saturated carbocycles. The van der Waals surface area contributed by atoms with Gasteiger partial charge in [-0.25, -0.2) is 0 Å². The van der Waals surface area contributed by atoms with E-state index in [0.29, 0.717) is 6.42 Å². The van der Waals surface area contributed by atoms with Crippen LogP contribution in [0.25, 0.3) is 0 Å². The van der Waals surface area contributed by atoms with Gasteiger partial charge in [-0.2, -0.15) is 0 Å². The molecule has 0 fully saturated rings. The van der Waals surface area contributed by atoms with Crippen LogP contribution >= 0.6 is 12.2 Å². The quantitative estimate of drug-likeness (QED) is 0.515. The molecule has 0 aromatic heterocycles. The van der Waals surface area contributed by atoms with Gasteiger partial charge in [-0.3, -0.25) is 0 Å². The number of thiocarbonyl (C=S) groups is 1. The first-order valence-electron chi connectivity index (χ1n) is 4.48. The van der Waals surface area contributed by atoms with Gasteiger partial charge in [0.25, 0.3) is 0 Å². The van der Waals surface area contributed by atoms with Gasteiger partial charge >= 0.3 is 0 Å². The minimum Gasteiger partial charge on any atom is -0.395 e. The van der Waals surface area contributed by atoms with Crippen LogP contribution in [-0.2, 0) is 0 Å². The van der Waals surface area contributed by atoms with Crippen molar-refractivity contribution >= 4 is 23.0 Å². The Balaban J connectivity index is 2.65. The Bertz CT molecular complexity index is 389. The van der Waals surface area contributed by atoms with Crippen molar-refractivity contribution in [3.05, 3.63) is 29.8 Å². The van der Waals surface area contributed by atoms with E-state index in [0.717, 1.165) is 11.3 Å². The van der Waals surface area contributed by atoms with Crippen molar-refractivity contribution in [3.8, 4) is 11.8 Å². The number of anilines is 1. The zero-order valence-electron chi connectivity index (χ0n) is 8.16. The molecule has 1 aromatic rings. The van der Waals surface area contributed by atoms with Crippen LogP contribution in [-0.4, -0.2) is 16.8 Å². The lowest BCUT2D eigenvalue weighted by Crippen LogP contribution is -2.18. The van der Waals surface area contributed by atoms with Crippen LogP contribution < -0.4 is 11.1 Å². The first kappa shape index (κ1) is 11.5. The molecule has 1 aromatic carbocycles. The second kappa shape index (κ2) is 6.02. The molecule has 0 radical (unpaired) electrons. The number of benzene rings is 1. The van der Waals surface area contributed by atoms with E-state index in [2.05, 4.69) is 17.2 Å². The fourth-order valence-electron chi connectivity index (χ4n) is 1.000. The number of hydrogen-bond acceptors (Lipinski definition) is 2. The minimum absolute atomic E-state index is 0.0914. The van der Waals surface area contributed by atoms with Gasteiger partial charge in [0.1, 0.15) is 0 Å². The predicted molar refractivity (Wildman–Crippen MR) is 65.4 cm³/mol. The Morgan fingerprint density at radius 3 is 2.60 bits per heavy atom. The lowest BCUT2D eigenvalue weighted by Gasteiger charge is -2.02. The predicted octanol–water partition coefficient (Wildman–Crippen LogP) is 1.08. The van der Waals surface area contributed by atoms with Crippen LogP contribution in [0.3, 0.4) is 0 Å². The molecule has 0 heterocycles. The highest BCUT2D eigenvalue weighted by Gasteiger charge is 1.92. The third-order valence-electron chi connectivity index (χ3n) is 1.62. The summed E-state index contributed by atoms with van der Waals surface area (Å²) in [6, 6.07) is 7.43. The Morgan fingerprint density at radius 2 is 2.07 bits per heavy atom. The van der Waals surface area contributed by atoms with Crippen molar-refractivity contribution in [2.75, 3.05) is 11.9 Å². The maximum atomic E-state index is 8.55. The van der Waals surface area contributed by atoms with Gasteiger partial charge in [-0.15, -0.1) is 0 Å². The highest BCUT2D eigenvalue weighted by atomic mass is 32.1. The molecule has 0 aliphatic heterocycles. The molecule has 0 saturated heterocycles. The minimum atomic E-state index is 0.0914. The molecule has 0 aliphatic rings. The molecule has 0 amide bonds. The molecular weight excluding hydrogens is 208 g/mol. The summed E-state index contributed by atoms with van der Waals surface area (Å²) in [6.45, 7) is 0.0914. The molecule has 0 bridgehead atoms. The van der Waals surface area contributed by atoms with E-state index in [9.17, 15) is 0 Å². The molecular formula is C11H12N2OS. The van der Waals surface area contributed by atoms with E-state index in [1.54, 1.807) is 0 Å². The van der Waals surface area contributed by atoms with Crippen LogP contribution in [0, 0.1) is 11.8 Å². The summed E-state index contributed by atoms with van der Waals surface area (Å²) in [7, 11) is 0. The third-order valence-corrected chi connectivity index (χ3v) is 1.72. The van der Waals surface area contributed by atoms with Crippen molar-refractivity contribution in [2.24, 2.45) is 5.73 Å². The summed E-state index contributed by atoms with van der Waals surface area (Å²) < 4.78 is 0. The summed E-state index contributed by atoms with van der Waals surface area (Å²) in [4.78, 5) is 0. The van der Waals surface area contributed by atoms with Crippen LogP contribution in [0.4, 0.5) is 5.69 Å². The number of nitrogens with two attached hydrogens (primary N) is 1. The summed E-state index contributed by atoms with van der Waals surface area (Å²) in [5.74, 6) is 5.76. The highest BCUT2D eigenvalue weighted by Crippen LogP contribution is 2.08. The van der Waals surface area contributed by atoms with Gasteiger partial charge in [-0.05, 0) is 36.5 Å². The monoisotopic (exact) mass is 220 g/mol. The number of hydrogen-bond donors (Lipinski definition) is 3. The fourth-order valence-corrected chi connectivity index (χ4v) is 1.12. The molecule has 4 heteroatoms. The first-order valence-corrected chi connectivity index (χ1v) is 4.89. The largest absolute Gasteiger partial charge is 0.395 e. The van der Waals surface area contributed by atoms with Gasteiger partial charge in [0.15, 0.2) is 5.11 Å². The number of aliphatic hydroxyl groups is 1. The molecule has 78 valence electrons. The summed E-state index contributed by atoms with van der Waals surface area (Å²) in [5, 5.41) is 11.6. The zero-order chi connectivity index (χ0) is 11.1. The molecule has 0 atom stereocenters. The highest BCUT2D eigenvalue weighted by molar-refractivity contribution is 7.80. The van der Waals surface area contributed by atoms with E-state index in [-0.39, 0.29) is 11.7 Å². The van der Waals surface area contributed by atoms with Crippen molar-refractivity contribution < 1.29 is 5.11 Å². The lowest BCUT2D eigenvalue weighted by atomic mass is 10.2. The Labute approximate surface area is 94.3 Å². The normalized spacial score (nSPS) is 8.87. The fraction of sp³-hybridized carbons (Fsp3) is 0.182. The molecule has 3 nitrogen and oxygen atoms in total. The smallest absolute Gasteiger partial charge is 0.168 e. The van der Waals surface area contributed by atoms with Crippen LogP contribution in [0.15, 0.2) is 24.3 Å². The van der Waals surface area contributed by atoms with E-state index in [1.807, 2.05) is 24.3 Å². The zero-order valence-corrected chi connectivity index (χ0v) is 8.97. The third kappa shape index (κ3) is 4.45. The molecule has 0 spiro atoms. The van der Waals surface area contributed by atoms with Crippen LogP contribution in [0.5, 0.6) is 0 Å². The topological polar surface area (TPSA) is 58.3 Å². The van der Waals surface area contributed by atoms with E-state index < -0.39 is 0 Å². The average molecular weight is 220 g/mol. The van der Waals surface area contributed by atoms with E-state index >= 15 is 0 Å². The molecule has 0 aliphatic carbocycles. The van der Waals surface area contributed by atoms with E-state index in [1.165, 1.54) is 0 Å². The standard InChI is InChI=1S/C11H12N2OS/c12-11(15)13-10-6-4-9(5-7-10)3-1-2-8-14/h4-7,14H,2,8H2,(H3,12,13,15). The maximum absolute atomic E-state index is 8.55. The van der Waals surface area contributed by atoms with Crippen molar-refractivity contribution in [1.82, 2.24) is 0 Å². The van der Waals surface area contributed by atoms with Gasteiger partial charge < -0.3 is 16.2 Å². The first-order chi connectivity index (χ1) is 7.22. The second-order valence-corrected chi connectivity index (χ2v) is 3.28. The SMILES string of the molecule is NC(=S)Nc1ccc(C#CCCO)cc1. The number of rotatable bonds is 2. The van der Waals surface area contributed by atoms with Crippen LogP contribution in [0.1, 0.15) is 12.0 Å². The van der Waals surface area contributed by atoms with Gasteiger partial charge in [0.05, 0.1) is 6.61 Å². The maximum Gasteiger partial charge on any atom is 0.168 e. The number of aliphatic hydroxyl groups excluding tert-OH is 1.